The number of hydrogen-bond donors (Lipinski definition) is 2. The second-order valence-corrected chi connectivity index (χ2v) is 6.46. The highest BCUT2D eigenvalue weighted by Gasteiger charge is 2.22. The maximum atomic E-state index is 13.0. The van der Waals surface area contributed by atoms with Gasteiger partial charge in [-0.05, 0) is 37.1 Å². The molecular formula is C19H22FN3O3. The monoisotopic (exact) mass is 359 g/mol. The van der Waals surface area contributed by atoms with E-state index in [1.54, 1.807) is 6.07 Å². The van der Waals surface area contributed by atoms with E-state index in [1.165, 1.54) is 6.07 Å². The molecule has 7 heteroatoms. The molecule has 1 aliphatic heterocycles. The van der Waals surface area contributed by atoms with Gasteiger partial charge in [0, 0.05) is 18.8 Å². The maximum absolute atomic E-state index is 13.0. The summed E-state index contributed by atoms with van der Waals surface area (Å²) in [6, 6.07) is 8.31. The minimum atomic E-state index is -0.389. The van der Waals surface area contributed by atoms with Gasteiger partial charge < -0.3 is 20.1 Å². The molecule has 1 aliphatic rings. The Balaban J connectivity index is 1.83. The highest BCUT2D eigenvalue weighted by molar-refractivity contribution is 5.82. The molecule has 138 valence electrons. The van der Waals surface area contributed by atoms with Crippen molar-refractivity contribution in [2.24, 2.45) is 0 Å². The van der Waals surface area contributed by atoms with Gasteiger partial charge in [0.25, 0.3) is 0 Å². The Hall–Kier alpha value is -2.67. The van der Waals surface area contributed by atoms with Crippen LogP contribution in [0.4, 0.5) is 10.1 Å². The number of carbonyl (C=O) groups excluding carboxylic acids is 1. The van der Waals surface area contributed by atoms with Gasteiger partial charge >= 0.3 is 0 Å². The number of aromatic nitrogens is 1. The van der Waals surface area contributed by atoms with Crippen LogP contribution in [0.2, 0.25) is 0 Å². The summed E-state index contributed by atoms with van der Waals surface area (Å²) in [4.78, 5) is 17.9. The Morgan fingerprint density at radius 3 is 2.92 bits per heavy atom. The molecule has 0 spiro atoms. The Morgan fingerprint density at radius 2 is 2.23 bits per heavy atom. The van der Waals surface area contributed by atoms with Crippen LogP contribution in [-0.4, -0.2) is 42.2 Å². The number of pyridine rings is 1. The van der Waals surface area contributed by atoms with Gasteiger partial charge in [0.05, 0.1) is 31.1 Å². The standard InChI is InChI=1S/C19H22FN3O3/c1-12(17-6-4-14(20)9-21-17)26-16-5-3-13-7-15(11-24)22-19(25)10-23(2)18(13)8-16/h3-6,8-9,12,15,24H,7,10-11H2,1-2H3,(H,22,25). The van der Waals surface area contributed by atoms with Gasteiger partial charge in [0.15, 0.2) is 0 Å². The van der Waals surface area contributed by atoms with Gasteiger partial charge in [-0.15, -0.1) is 0 Å². The number of fused-ring (bicyclic) bond motifs is 1. The molecular weight excluding hydrogens is 337 g/mol. The second kappa shape index (κ2) is 7.70. The number of benzene rings is 1. The van der Waals surface area contributed by atoms with Gasteiger partial charge in [0.2, 0.25) is 5.91 Å². The van der Waals surface area contributed by atoms with Crippen LogP contribution in [0, 0.1) is 5.82 Å². The predicted octanol–water partition coefficient (Wildman–Crippen LogP) is 1.83. The van der Waals surface area contributed by atoms with Crippen LogP contribution in [0.1, 0.15) is 24.3 Å². The van der Waals surface area contributed by atoms with Gasteiger partial charge in [-0.3, -0.25) is 9.78 Å². The number of carbonyl (C=O) groups is 1. The Bertz CT molecular complexity index is 782. The number of anilines is 1. The lowest BCUT2D eigenvalue weighted by atomic mass is 10.0. The topological polar surface area (TPSA) is 74.7 Å². The average molecular weight is 359 g/mol. The van der Waals surface area contributed by atoms with Crippen molar-refractivity contribution < 1.29 is 19.0 Å². The number of halogens is 1. The molecule has 0 radical (unpaired) electrons. The van der Waals surface area contributed by atoms with E-state index in [0.29, 0.717) is 17.9 Å². The van der Waals surface area contributed by atoms with Crippen LogP contribution in [0.15, 0.2) is 36.5 Å². The van der Waals surface area contributed by atoms with Crippen LogP contribution < -0.4 is 15.0 Å². The molecule has 2 N–H and O–H groups in total. The van der Waals surface area contributed by atoms with Gasteiger partial charge in [-0.25, -0.2) is 4.39 Å². The average Bonchev–Trinajstić information content (AvgIpc) is 2.61. The second-order valence-electron chi connectivity index (χ2n) is 6.46. The van der Waals surface area contributed by atoms with E-state index in [0.717, 1.165) is 17.4 Å². The quantitative estimate of drug-likeness (QED) is 0.871. The minimum Gasteiger partial charge on any atom is -0.484 e. The van der Waals surface area contributed by atoms with Gasteiger partial charge in [-0.2, -0.15) is 0 Å². The van der Waals surface area contributed by atoms with Crippen molar-refractivity contribution in [3.8, 4) is 5.75 Å². The van der Waals surface area contributed by atoms with Gasteiger partial charge in [-0.1, -0.05) is 6.07 Å². The summed E-state index contributed by atoms with van der Waals surface area (Å²) in [5.41, 5.74) is 2.53. The summed E-state index contributed by atoms with van der Waals surface area (Å²) in [5.74, 6) is 0.114. The molecule has 26 heavy (non-hydrogen) atoms. The van der Waals surface area contributed by atoms with E-state index in [2.05, 4.69) is 10.3 Å². The number of aliphatic hydroxyl groups excluding tert-OH is 1. The van der Waals surface area contributed by atoms with E-state index in [9.17, 15) is 14.3 Å². The number of ether oxygens (including phenoxy) is 1. The zero-order valence-corrected chi connectivity index (χ0v) is 14.8. The molecule has 2 atom stereocenters. The molecule has 6 nitrogen and oxygen atoms in total. The van der Waals surface area contributed by atoms with Crippen molar-refractivity contribution in [3.63, 3.8) is 0 Å². The van der Waals surface area contributed by atoms with Crippen LogP contribution in [0.25, 0.3) is 0 Å². The van der Waals surface area contributed by atoms with Gasteiger partial charge in [0.1, 0.15) is 17.7 Å². The number of amides is 1. The first-order chi connectivity index (χ1) is 12.5. The third kappa shape index (κ3) is 4.11. The minimum absolute atomic E-state index is 0.111. The molecule has 2 heterocycles. The first-order valence-electron chi connectivity index (χ1n) is 8.48. The summed E-state index contributed by atoms with van der Waals surface area (Å²) in [5, 5.41) is 12.3. The lowest BCUT2D eigenvalue weighted by molar-refractivity contribution is -0.120. The fourth-order valence-corrected chi connectivity index (χ4v) is 3.04. The predicted molar refractivity (Wildman–Crippen MR) is 95.7 cm³/mol. The zero-order valence-electron chi connectivity index (χ0n) is 14.8. The fraction of sp³-hybridized carbons (Fsp3) is 0.368. The van der Waals surface area contributed by atoms with Crippen molar-refractivity contribution >= 4 is 11.6 Å². The first-order valence-corrected chi connectivity index (χ1v) is 8.48. The third-order valence-electron chi connectivity index (χ3n) is 4.38. The van der Waals surface area contributed by atoms with Crippen LogP contribution in [-0.2, 0) is 11.2 Å². The molecule has 1 aromatic heterocycles. The van der Waals surface area contributed by atoms with Crippen LogP contribution in [0.3, 0.4) is 0 Å². The van der Waals surface area contributed by atoms with E-state index in [-0.39, 0.29) is 37.0 Å². The first kappa shape index (κ1) is 18.1. The molecule has 0 saturated heterocycles. The number of nitrogens with one attached hydrogen (secondary N) is 1. The van der Waals surface area contributed by atoms with Crippen LogP contribution in [0.5, 0.6) is 5.75 Å². The largest absolute Gasteiger partial charge is 0.484 e. The smallest absolute Gasteiger partial charge is 0.239 e. The number of likely N-dealkylation sites (N-methyl/N-ethyl adjacent to an activating group) is 1. The van der Waals surface area contributed by atoms with Crippen LogP contribution >= 0.6 is 0 Å². The molecule has 0 aliphatic carbocycles. The molecule has 1 amide bonds. The van der Waals surface area contributed by atoms with Crippen molar-refractivity contribution in [1.29, 1.82) is 0 Å². The van der Waals surface area contributed by atoms with Crippen molar-refractivity contribution in [3.05, 3.63) is 53.6 Å². The van der Waals surface area contributed by atoms with Crippen molar-refractivity contribution in [2.45, 2.75) is 25.5 Å². The summed E-state index contributed by atoms with van der Waals surface area (Å²) >= 11 is 0. The number of hydrogen-bond acceptors (Lipinski definition) is 5. The lowest BCUT2D eigenvalue weighted by Gasteiger charge is -2.29. The number of rotatable bonds is 4. The molecule has 0 bridgehead atoms. The third-order valence-corrected chi connectivity index (χ3v) is 4.38. The fourth-order valence-electron chi connectivity index (χ4n) is 3.04. The summed E-state index contributed by atoms with van der Waals surface area (Å²) in [6.45, 7) is 1.93. The zero-order chi connectivity index (χ0) is 18.7. The molecule has 0 fully saturated rings. The van der Waals surface area contributed by atoms with Crippen molar-refractivity contribution in [2.75, 3.05) is 25.1 Å². The van der Waals surface area contributed by atoms with E-state index in [1.807, 2.05) is 37.1 Å². The SMILES string of the molecule is CC(Oc1ccc2c(c1)N(C)CC(=O)NC(CO)C2)c1ccc(F)cn1. The molecule has 3 rings (SSSR count). The Labute approximate surface area is 151 Å². The molecule has 0 saturated carbocycles. The lowest BCUT2D eigenvalue weighted by Crippen LogP contribution is -2.46. The normalized spacial score (nSPS) is 18.4. The highest BCUT2D eigenvalue weighted by atomic mass is 19.1. The molecule has 2 unspecified atom stereocenters. The van der Waals surface area contributed by atoms with E-state index >= 15 is 0 Å². The molecule has 2 aromatic rings. The van der Waals surface area contributed by atoms with E-state index < -0.39 is 0 Å². The maximum Gasteiger partial charge on any atom is 0.239 e. The van der Waals surface area contributed by atoms with E-state index in [4.69, 9.17) is 4.74 Å². The summed E-state index contributed by atoms with van der Waals surface area (Å²) < 4.78 is 19.0. The summed E-state index contributed by atoms with van der Waals surface area (Å²) in [6.07, 6.45) is 1.36. The number of nitrogens with zero attached hydrogens (tertiary/aromatic N) is 2. The highest BCUT2D eigenvalue weighted by Crippen LogP contribution is 2.30. The molecule has 1 aromatic carbocycles. The Morgan fingerprint density at radius 1 is 1.42 bits per heavy atom. The Kier molecular flexibility index (Phi) is 5.37. The summed E-state index contributed by atoms with van der Waals surface area (Å²) in [7, 11) is 1.84. The number of aliphatic hydroxyl groups is 1. The van der Waals surface area contributed by atoms with Crippen molar-refractivity contribution in [1.82, 2.24) is 10.3 Å².